The fourth-order valence-corrected chi connectivity index (χ4v) is 3.38. The Bertz CT molecular complexity index is 539. The van der Waals surface area contributed by atoms with E-state index in [0.717, 1.165) is 25.5 Å². The number of aromatic nitrogens is 1. The first-order chi connectivity index (χ1) is 8.79. The van der Waals surface area contributed by atoms with E-state index in [1.54, 1.807) is 11.3 Å². The Labute approximate surface area is 111 Å². The highest BCUT2D eigenvalue weighted by Crippen LogP contribution is 2.30. The molecule has 18 heavy (non-hydrogen) atoms. The number of fused-ring (bicyclic) bond motifs is 1. The smallest absolute Gasteiger partial charge is 0.137 e. The number of hydrogen-bond acceptors (Lipinski definition) is 5. The molecule has 4 nitrogen and oxygen atoms in total. The average Bonchev–Trinajstić information content (AvgIpc) is 2.86. The van der Waals surface area contributed by atoms with Crippen LogP contribution in [0.15, 0.2) is 23.7 Å². The molecule has 1 aliphatic rings. The van der Waals surface area contributed by atoms with Crippen LogP contribution in [-0.4, -0.2) is 49.2 Å². The van der Waals surface area contributed by atoms with Gasteiger partial charge in [-0.1, -0.05) is 0 Å². The van der Waals surface area contributed by atoms with Crippen molar-refractivity contribution < 1.29 is 0 Å². The van der Waals surface area contributed by atoms with Crippen LogP contribution in [0.1, 0.15) is 0 Å². The molecule has 1 saturated heterocycles. The van der Waals surface area contributed by atoms with Gasteiger partial charge in [-0.15, -0.1) is 11.3 Å². The molecule has 0 bridgehead atoms. The highest BCUT2D eigenvalue weighted by molar-refractivity contribution is 7.17. The monoisotopic (exact) mass is 262 g/mol. The van der Waals surface area contributed by atoms with Crippen molar-refractivity contribution in [2.24, 2.45) is 5.73 Å². The maximum atomic E-state index is 5.92. The molecule has 1 fully saturated rings. The third kappa shape index (κ3) is 1.98. The van der Waals surface area contributed by atoms with Crippen LogP contribution in [0.2, 0.25) is 0 Å². The molecule has 1 aliphatic heterocycles. The van der Waals surface area contributed by atoms with Crippen LogP contribution in [0, 0.1) is 0 Å². The van der Waals surface area contributed by atoms with Crippen molar-refractivity contribution in [1.29, 1.82) is 0 Å². The first-order valence-electron chi connectivity index (χ1n) is 6.27. The SMILES string of the molecule is CN1CCN(c2nccc3sccc23)C(CN)C1. The van der Waals surface area contributed by atoms with Gasteiger partial charge in [-0.2, -0.15) is 0 Å². The van der Waals surface area contributed by atoms with Gasteiger partial charge in [-0.25, -0.2) is 4.98 Å². The van der Waals surface area contributed by atoms with Crippen LogP contribution in [0.5, 0.6) is 0 Å². The van der Waals surface area contributed by atoms with Gasteiger partial charge in [0, 0.05) is 42.5 Å². The lowest BCUT2D eigenvalue weighted by Gasteiger charge is -2.40. The molecule has 96 valence electrons. The zero-order valence-corrected chi connectivity index (χ0v) is 11.4. The third-order valence-electron chi connectivity index (χ3n) is 3.59. The highest BCUT2D eigenvalue weighted by Gasteiger charge is 2.26. The minimum absolute atomic E-state index is 0.363. The molecular formula is C13H18N4S. The number of hydrogen-bond donors (Lipinski definition) is 1. The first kappa shape index (κ1) is 11.9. The van der Waals surface area contributed by atoms with E-state index in [-0.39, 0.29) is 0 Å². The van der Waals surface area contributed by atoms with Crippen molar-refractivity contribution in [2.75, 3.05) is 38.1 Å². The minimum Gasteiger partial charge on any atom is -0.349 e. The van der Waals surface area contributed by atoms with Gasteiger partial charge in [0.2, 0.25) is 0 Å². The fraction of sp³-hybridized carbons (Fsp3) is 0.462. The fourth-order valence-electron chi connectivity index (χ4n) is 2.60. The Morgan fingerprint density at radius 3 is 3.17 bits per heavy atom. The summed E-state index contributed by atoms with van der Waals surface area (Å²) in [6, 6.07) is 4.60. The molecule has 3 heterocycles. The average molecular weight is 262 g/mol. The molecule has 1 atom stereocenters. The number of thiophene rings is 1. The third-order valence-corrected chi connectivity index (χ3v) is 4.47. The molecule has 1 unspecified atom stereocenters. The maximum absolute atomic E-state index is 5.92. The van der Waals surface area contributed by atoms with Gasteiger partial charge in [0.25, 0.3) is 0 Å². The van der Waals surface area contributed by atoms with Crippen LogP contribution < -0.4 is 10.6 Å². The predicted octanol–water partition coefficient (Wildman–Crippen LogP) is 1.38. The Kier molecular flexibility index (Phi) is 3.20. The second-order valence-corrected chi connectivity index (χ2v) is 5.76. The molecule has 2 N–H and O–H groups in total. The largest absolute Gasteiger partial charge is 0.349 e. The quantitative estimate of drug-likeness (QED) is 0.888. The summed E-state index contributed by atoms with van der Waals surface area (Å²) >= 11 is 1.77. The summed E-state index contributed by atoms with van der Waals surface area (Å²) in [5, 5.41) is 3.38. The summed E-state index contributed by atoms with van der Waals surface area (Å²) < 4.78 is 1.30. The zero-order valence-electron chi connectivity index (χ0n) is 10.5. The molecule has 0 aliphatic carbocycles. The van der Waals surface area contributed by atoms with Gasteiger partial charge in [0.1, 0.15) is 5.82 Å². The number of likely N-dealkylation sites (N-methyl/N-ethyl adjacent to an activating group) is 1. The first-order valence-corrected chi connectivity index (χ1v) is 7.15. The molecule has 5 heteroatoms. The molecule has 0 aromatic carbocycles. The number of rotatable bonds is 2. The molecule has 0 amide bonds. The molecule has 0 radical (unpaired) electrons. The summed E-state index contributed by atoms with van der Waals surface area (Å²) in [6.45, 7) is 3.75. The van der Waals surface area contributed by atoms with E-state index < -0.39 is 0 Å². The van der Waals surface area contributed by atoms with E-state index in [2.05, 4.69) is 39.3 Å². The van der Waals surface area contributed by atoms with Crippen molar-refractivity contribution in [3.63, 3.8) is 0 Å². The summed E-state index contributed by atoms with van der Waals surface area (Å²) in [5.41, 5.74) is 5.92. The molecular weight excluding hydrogens is 244 g/mol. The molecule has 3 rings (SSSR count). The zero-order chi connectivity index (χ0) is 12.5. The molecule has 2 aromatic heterocycles. The summed E-state index contributed by atoms with van der Waals surface area (Å²) in [5.74, 6) is 1.09. The number of anilines is 1. The Balaban J connectivity index is 2.00. The van der Waals surface area contributed by atoms with Crippen molar-refractivity contribution in [3.05, 3.63) is 23.7 Å². The van der Waals surface area contributed by atoms with Crippen molar-refractivity contribution in [3.8, 4) is 0 Å². The van der Waals surface area contributed by atoms with Crippen molar-refractivity contribution in [1.82, 2.24) is 9.88 Å². The Hall–Kier alpha value is -1.17. The van der Waals surface area contributed by atoms with E-state index in [9.17, 15) is 0 Å². The van der Waals surface area contributed by atoms with Gasteiger partial charge in [0.05, 0.1) is 6.04 Å². The Morgan fingerprint density at radius 2 is 2.33 bits per heavy atom. The summed E-state index contributed by atoms with van der Waals surface area (Å²) in [7, 11) is 2.15. The van der Waals surface area contributed by atoms with Crippen LogP contribution in [-0.2, 0) is 0 Å². The number of piperazine rings is 1. The normalized spacial score (nSPS) is 21.7. The Morgan fingerprint density at radius 1 is 1.44 bits per heavy atom. The van der Waals surface area contributed by atoms with Crippen molar-refractivity contribution >= 4 is 27.2 Å². The van der Waals surface area contributed by atoms with E-state index in [1.165, 1.54) is 10.1 Å². The van der Waals surface area contributed by atoms with E-state index >= 15 is 0 Å². The highest BCUT2D eigenvalue weighted by atomic mass is 32.1. The summed E-state index contributed by atoms with van der Waals surface area (Å²) in [6.07, 6.45) is 1.90. The predicted molar refractivity (Wildman–Crippen MR) is 77.3 cm³/mol. The lowest BCUT2D eigenvalue weighted by Crippen LogP contribution is -2.55. The number of nitrogens with two attached hydrogens (primary N) is 1. The van der Waals surface area contributed by atoms with Crippen LogP contribution in [0.3, 0.4) is 0 Å². The molecule has 0 saturated carbocycles. The van der Waals surface area contributed by atoms with Gasteiger partial charge < -0.3 is 15.5 Å². The van der Waals surface area contributed by atoms with Gasteiger partial charge >= 0.3 is 0 Å². The minimum atomic E-state index is 0.363. The lowest BCUT2D eigenvalue weighted by atomic mass is 10.1. The van der Waals surface area contributed by atoms with Gasteiger partial charge in [0.15, 0.2) is 0 Å². The van der Waals surface area contributed by atoms with E-state index in [0.29, 0.717) is 12.6 Å². The molecule has 2 aromatic rings. The second kappa shape index (κ2) is 4.84. The van der Waals surface area contributed by atoms with Crippen LogP contribution in [0.25, 0.3) is 10.1 Å². The van der Waals surface area contributed by atoms with E-state index in [4.69, 9.17) is 5.73 Å². The standard InChI is InChI=1S/C13H18N4S/c1-16-5-6-17(10(8-14)9-16)13-11-3-7-18-12(11)2-4-15-13/h2-4,7,10H,5-6,8-9,14H2,1H3. The van der Waals surface area contributed by atoms with Crippen LogP contribution in [0.4, 0.5) is 5.82 Å². The summed E-state index contributed by atoms with van der Waals surface area (Å²) in [4.78, 5) is 9.29. The topological polar surface area (TPSA) is 45.4 Å². The second-order valence-electron chi connectivity index (χ2n) is 4.81. The van der Waals surface area contributed by atoms with E-state index in [1.807, 2.05) is 6.20 Å². The van der Waals surface area contributed by atoms with Gasteiger partial charge in [-0.3, -0.25) is 0 Å². The number of nitrogens with zero attached hydrogens (tertiary/aromatic N) is 3. The number of pyridine rings is 1. The van der Waals surface area contributed by atoms with Crippen LogP contribution >= 0.6 is 11.3 Å². The molecule has 0 spiro atoms. The van der Waals surface area contributed by atoms with Gasteiger partial charge in [-0.05, 0) is 24.6 Å². The maximum Gasteiger partial charge on any atom is 0.137 e. The van der Waals surface area contributed by atoms with Crippen molar-refractivity contribution in [2.45, 2.75) is 6.04 Å². The lowest BCUT2D eigenvalue weighted by molar-refractivity contribution is 0.269.